The quantitative estimate of drug-likeness (QED) is 0.579. The van der Waals surface area contributed by atoms with Crippen molar-refractivity contribution >= 4 is 28.7 Å². The first-order valence-corrected chi connectivity index (χ1v) is 7.25. The highest BCUT2D eigenvalue weighted by molar-refractivity contribution is 6.33. The Balaban J connectivity index is 2.58. The fraction of sp³-hybridized carbons (Fsp3) is 0.250. The summed E-state index contributed by atoms with van der Waals surface area (Å²) in [5.74, 6) is 0. The van der Waals surface area contributed by atoms with Crippen molar-refractivity contribution in [3.63, 3.8) is 0 Å². The zero-order valence-corrected chi connectivity index (χ0v) is 12.8. The minimum Gasteiger partial charge on any atom is -0.340 e. The Hall–Kier alpha value is -2.07. The standard InChI is InChI=1S/C16H17ClN2O2/c1-3-12-10-14(19(20)21)11-15(17)16(12)18(4-2)13-8-6-5-7-9-13/h5-11H,3-4H2,1-2H3. The van der Waals surface area contributed by atoms with Crippen LogP contribution in [0.2, 0.25) is 5.02 Å². The molecular formula is C16H17ClN2O2. The van der Waals surface area contributed by atoms with Crippen LogP contribution in [0.15, 0.2) is 42.5 Å². The number of hydrogen-bond donors (Lipinski definition) is 0. The van der Waals surface area contributed by atoms with Gasteiger partial charge in [-0.25, -0.2) is 0 Å². The maximum absolute atomic E-state index is 11.0. The van der Waals surface area contributed by atoms with Crippen LogP contribution in [-0.2, 0) is 6.42 Å². The molecule has 0 aliphatic carbocycles. The molecule has 5 heteroatoms. The summed E-state index contributed by atoms with van der Waals surface area (Å²) in [6.45, 7) is 4.73. The number of nitrogens with zero attached hydrogens (tertiary/aromatic N) is 2. The normalized spacial score (nSPS) is 10.4. The first kappa shape index (κ1) is 15.3. The number of non-ortho nitro benzene ring substituents is 1. The summed E-state index contributed by atoms with van der Waals surface area (Å²) in [7, 11) is 0. The van der Waals surface area contributed by atoms with E-state index in [2.05, 4.69) is 4.90 Å². The number of aryl methyl sites for hydroxylation is 1. The van der Waals surface area contributed by atoms with Gasteiger partial charge in [0.2, 0.25) is 0 Å². The lowest BCUT2D eigenvalue weighted by atomic mass is 10.1. The molecule has 0 amide bonds. The van der Waals surface area contributed by atoms with Crippen LogP contribution in [0.4, 0.5) is 17.1 Å². The van der Waals surface area contributed by atoms with Gasteiger partial charge >= 0.3 is 0 Å². The SMILES string of the molecule is CCc1cc([N+](=O)[O-])cc(Cl)c1N(CC)c1ccccc1. The lowest BCUT2D eigenvalue weighted by Gasteiger charge is -2.26. The van der Waals surface area contributed by atoms with E-state index in [0.29, 0.717) is 11.4 Å². The van der Waals surface area contributed by atoms with Crippen LogP contribution in [-0.4, -0.2) is 11.5 Å². The first-order valence-electron chi connectivity index (χ1n) is 6.87. The van der Waals surface area contributed by atoms with Gasteiger partial charge in [-0.15, -0.1) is 0 Å². The Morgan fingerprint density at radius 2 is 1.86 bits per heavy atom. The summed E-state index contributed by atoms with van der Waals surface area (Å²) in [6.07, 6.45) is 0.681. The highest BCUT2D eigenvalue weighted by Crippen LogP contribution is 2.38. The maximum Gasteiger partial charge on any atom is 0.271 e. The minimum absolute atomic E-state index is 0.0321. The molecule has 0 radical (unpaired) electrons. The van der Waals surface area contributed by atoms with Gasteiger partial charge in [-0.1, -0.05) is 36.7 Å². The van der Waals surface area contributed by atoms with Crippen molar-refractivity contribution in [1.82, 2.24) is 0 Å². The monoisotopic (exact) mass is 304 g/mol. The molecule has 0 saturated carbocycles. The summed E-state index contributed by atoms with van der Waals surface area (Å²) >= 11 is 6.33. The number of hydrogen-bond acceptors (Lipinski definition) is 3. The van der Waals surface area contributed by atoms with Crippen LogP contribution in [0.1, 0.15) is 19.4 Å². The number of nitro groups is 1. The first-order chi connectivity index (χ1) is 10.1. The number of nitro benzene ring substituents is 1. The van der Waals surface area contributed by atoms with E-state index in [1.807, 2.05) is 44.2 Å². The smallest absolute Gasteiger partial charge is 0.271 e. The third kappa shape index (κ3) is 3.16. The molecule has 2 aromatic carbocycles. The van der Waals surface area contributed by atoms with E-state index in [1.165, 1.54) is 6.07 Å². The lowest BCUT2D eigenvalue weighted by Crippen LogP contribution is -2.18. The van der Waals surface area contributed by atoms with Gasteiger partial charge in [-0.05, 0) is 31.0 Å². The molecule has 110 valence electrons. The van der Waals surface area contributed by atoms with E-state index in [-0.39, 0.29) is 5.69 Å². The molecule has 0 N–H and O–H groups in total. The molecule has 0 fully saturated rings. The number of para-hydroxylation sites is 1. The molecule has 0 heterocycles. The minimum atomic E-state index is -0.409. The van der Waals surface area contributed by atoms with Gasteiger partial charge < -0.3 is 4.90 Å². The van der Waals surface area contributed by atoms with E-state index in [9.17, 15) is 10.1 Å². The van der Waals surface area contributed by atoms with Crippen molar-refractivity contribution in [3.8, 4) is 0 Å². The Bertz CT molecular complexity index is 644. The Kier molecular flexibility index (Phi) is 4.81. The topological polar surface area (TPSA) is 46.4 Å². The van der Waals surface area contributed by atoms with Gasteiger partial charge in [0.05, 0.1) is 15.6 Å². The van der Waals surface area contributed by atoms with Crippen LogP contribution in [0, 0.1) is 10.1 Å². The highest BCUT2D eigenvalue weighted by Gasteiger charge is 2.19. The van der Waals surface area contributed by atoms with E-state index in [0.717, 1.165) is 23.5 Å². The number of halogens is 1. The molecule has 4 nitrogen and oxygen atoms in total. The second-order valence-corrected chi connectivity index (χ2v) is 5.03. The molecule has 2 aromatic rings. The summed E-state index contributed by atoms with van der Waals surface area (Å²) in [5.41, 5.74) is 2.77. The number of rotatable bonds is 5. The molecule has 0 aromatic heterocycles. The van der Waals surface area contributed by atoms with Gasteiger partial charge in [0.1, 0.15) is 0 Å². The van der Waals surface area contributed by atoms with Crippen LogP contribution in [0.3, 0.4) is 0 Å². The van der Waals surface area contributed by atoms with Gasteiger partial charge in [-0.2, -0.15) is 0 Å². The van der Waals surface area contributed by atoms with Gasteiger partial charge in [0.15, 0.2) is 0 Å². The predicted octanol–water partition coefficient (Wildman–Crippen LogP) is 4.97. The van der Waals surface area contributed by atoms with Crippen molar-refractivity contribution in [2.75, 3.05) is 11.4 Å². The fourth-order valence-electron chi connectivity index (χ4n) is 2.40. The second kappa shape index (κ2) is 6.59. The highest BCUT2D eigenvalue weighted by atomic mass is 35.5. The average Bonchev–Trinajstić information content (AvgIpc) is 2.50. The van der Waals surface area contributed by atoms with Gasteiger partial charge in [0, 0.05) is 24.4 Å². The summed E-state index contributed by atoms with van der Waals surface area (Å²) in [5, 5.41) is 11.4. The van der Waals surface area contributed by atoms with Crippen LogP contribution >= 0.6 is 11.6 Å². The van der Waals surface area contributed by atoms with E-state index in [4.69, 9.17) is 11.6 Å². The molecular weight excluding hydrogens is 288 g/mol. The van der Waals surface area contributed by atoms with Gasteiger partial charge in [0.25, 0.3) is 5.69 Å². The zero-order valence-electron chi connectivity index (χ0n) is 12.0. The molecule has 0 saturated heterocycles. The maximum atomic E-state index is 11.0. The van der Waals surface area contributed by atoms with E-state index in [1.54, 1.807) is 6.07 Å². The largest absolute Gasteiger partial charge is 0.340 e. The Labute approximate surface area is 129 Å². The summed E-state index contributed by atoms with van der Waals surface area (Å²) in [6, 6.07) is 12.9. The fourth-order valence-corrected chi connectivity index (χ4v) is 2.73. The Morgan fingerprint density at radius 1 is 1.19 bits per heavy atom. The van der Waals surface area contributed by atoms with Crippen LogP contribution in [0.5, 0.6) is 0 Å². The molecule has 0 unspecified atom stereocenters. The van der Waals surface area contributed by atoms with Crippen LogP contribution in [0.25, 0.3) is 0 Å². The average molecular weight is 305 g/mol. The summed E-state index contributed by atoms with van der Waals surface area (Å²) < 4.78 is 0. The van der Waals surface area contributed by atoms with E-state index < -0.39 is 4.92 Å². The molecule has 2 rings (SSSR count). The van der Waals surface area contributed by atoms with Gasteiger partial charge in [-0.3, -0.25) is 10.1 Å². The molecule has 0 atom stereocenters. The van der Waals surface area contributed by atoms with Crippen molar-refractivity contribution in [1.29, 1.82) is 0 Å². The zero-order chi connectivity index (χ0) is 15.4. The molecule has 0 aliphatic rings. The molecule has 0 aliphatic heterocycles. The second-order valence-electron chi connectivity index (χ2n) is 4.63. The Morgan fingerprint density at radius 3 is 2.38 bits per heavy atom. The van der Waals surface area contributed by atoms with Crippen molar-refractivity contribution in [3.05, 3.63) is 63.2 Å². The van der Waals surface area contributed by atoms with Crippen molar-refractivity contribution < 1.29 is 4.92 Å². The summed E-state index contributed by atoms with van der Waals surface area (Å²) in [4.78, 5) is 12.6. The molecule has 0 spiro atoms. The van der Waals surface area contributed by atoms with E-state index >= 15 is 0 Å². The molecule has 0 bridgehead atoms. The molecule has 21 heavy (non-hydrogen) atoms. The lowest BCUT2D eigenvalue weighted by molar-refractivity contribution is -0.384. The number of anilines is 2. The third-order valence-electron chi connectivity index (χ3n) is 3.37. The number of benzene rings is 2. The van der Waals surface area contributed by atoms with Crippen molar-refractivity contribution in [2.45, 2.75) is 20.3 Å². The predicted molar refractivity (Wildman–Crippen MR) is 86.6 cm³/mol. The van der Waals surface area contributed by atoms with Crippen LogP contribution < -0.4 is 4.90 Å². The third-order valence-corrected chi connectivity index (χ3v) is 3.66. The van der Waals surface area contributed by atoms with Crippen molar-refractivity contribution in [2.24, 2.45) is 0 Å².